The number of aromatic nitrogens is 2. The number of ether oxygens (including phenoxy) is 1. The van der Waals surface area contributed by atoms with Crippen molar-refractivity contribution in [3.63, 3.8) is 0 Å². The molecule has 0 amide bonds. The van der Waals surface area contributed by atoms with E-state index in [2.05, 4.69) is 37.9 Å². The summed E-state index contributed by atoms with van der Waals surface area (Å²) in [6.45, 7) is 11.2. The SMILES string of the molecule is CCNc1nc(C2CC2)nc(N2CC(C)OC(C)C2)c1C. The summed E-state index contributed by atoms with van der Waals surface area (Å²) >= 11 is 0. The summed E-state index contributed by atoms with van der Waals surface area (Å²) in [5.74, 6) is 3.66. The molecule has 5 heteroatoms. The van der Waals surface area contributed by atoms with Crippen LogP contribution in [0.5, 0.6) is 0 Å². The van der Waals surface area contributed by atoms with E-state index in [9.17, 15) is 0 Å². The number of morpholine rings is 1. The van der Waals surface area contributed by atoms with Crippen LogP contribution < -0.4 is 10.2 Å². The Morgan fingerprint density at radius 3 is 2.43 bits per heavy atom. The van der Waals surface area contributed by atoms with Crippen LogP contribution in [0.4, 0.5) is 11.6 Å². The molecule has 116 valence electrons. The van der Waals surface area contributed by atoms with Crippen molar-refractivity contribution in [2.24, 2.45) is 0 Å². The van der Waals surface area contributed by atoms with Crippen molar-refractivity contribution in [1.82, 2.24) is 9.97 Å². The van der Waals surface area contributed by atoms with Crippen molar-refractivity contribution in [3.8, 4) is 0 Å². The van der Waals surface area contributed by atoms with Gasteiger partial charge in [-0.3, -0.25) is 0 Å². The molecule has 1 N–H and O–H groups in total. The van der Waals surface area contributed by atoms with Gasteiger partial charge in [0.05, 0.1) is 12.2 Å². The van der Waals surface area contributed by atoms with Gasteiger partial charge in [0.2, 0.25) is 0 Å². The number of hydrogen-bond acceptors (Lipinski definition) is 5. The number of nitrogens with zero attached hydrogens (tertiary/aromatic N) is 3. The predicted molar refractivity (Wildman–Crippen MR) is 85.1 cm³/mol. The number of nitrogens with one attached hydrogen (secondary N) is 1. The third kappa shape index (κ3) is 3.12. The molecule has 3 rings (SSSR count). The van der Waals surface area contributed by atoms with E-state index < -0.39 is 0 Å². The Balaban J connectivity index is 1.95. The van der Waals surface area contributed by atoms with Gasteiger partial charge < -0.3 is 15.0 Å². The molecule has 1 aromatic heterocycles. The second-order valence-corrected chi connectivity index (χ2v) is 6.35. The standard InChI is InChI=1S/C16H26N4O/c1-5-17-14-12(4)16(19-15(18-14)13-6-7-13)20-8-10(2)21-11(3)9-20/h10-11,13H,5-9H2,1-4H3,(H,17,18,19). The highest BCUT2D eigenvalue weighted by Gasteiger charge is 2.30. The third-order valence-electron chi connectivity index (χ3n) is 4.14. The zero-order valence-electron chi connectivity index (χ0n) is 13.5. The van der Waals surface area contributed by atoms with Crippen LogP contribution in [0.1, 0.15) is 50.9 Å². The Kier molecular flexibility index (Phi) is 4.02. The second kappa shape index (κ2) is 5.79. The Labute approximate surface area is 127 Å². The van der Waals surface area contributed by atoms with Crippen LogP contribution in [-0.2, 0) is 4.74 Å². The lowest BCUT2D eigenvalue weighted by molar-refractivity contribution is -0.00550. The van der Waals surface area contributed by atoms with E-state index in [-0.39, 0.29) is 12.2 Å². The van der Waals surface area contributed by atoms with Crippen LogP contribution in [-0.4, -0.2) is 41.8 Å². The van der Waals surface area contributed by atoms with Gasteiger partial charge in [-0.15, -0.1) is 0 Å². The van der Waals surface area contributed by atoms with Crippen molar-refractivity contribution in [1.29, 1.82) is 0 Å². The van der Waals surface area contributed by atoms with E-state index >= 15 is 0 Å². The molecule has 1 saturated heterocycles. The van der Waals surface area contributed by atoms with Gasteiger partial charge in [0.15, 0.2) is 0 Å². The maximum atomic E-state index is 5.84. The smallest absolute Gasteiger partial charge is 0.137 e. The maximum absolute atomic E-state index is 5.84. The lowest BCUT2D eigenvalue weighted by Gasteiger charge is -2.37. The zero-order valence-corrected chi connectivity index (χ0v) is 13.5. The van der Waals surface area contributed by atoms with Crippen molar-refractivity contribution >= 4 is 11.6 Å². The van der Waals surface area contributed by atoms with E-state index in [1.54, 1.807) is 0 Å². The van der Waals surface area contributed by atoms with Crippen LogP contribution in [0, 0.1) is 6.92 Å². The van der Waals surface area contributed by atoms with Crippen LogP contribution in [0.3, 0.4) is 0 Å². The summed E-state index contributed by atoms with van der Waals surface area (Å²) in [5, 5.41) is 3.39. The Morgan fingerprint density at radius 1 is 1.19 bits per heavy atom. The van der Waals surface area contributed by atoms with Crippen LogP contribution in [0.2, 0.25) is 0 Å². The molecule has 1 aliphatic heterocycles. The Morgan fingerprint density at radius 2 is 1.86 bits per heavy atom. The Bertz CT molecular complexity index is 505. The molecule has 0 bridgehead atoms. The van der Waals surface area contributed by atoms with E-state index in [4.69, 9.17) is 14.7 Å². The molecule has 0 radical (unpaired) electrons. The first kappa shape index (κ1) is 14.6. The fraction of sp³-hybridized carbons (Fsp3) is 0.750. The van der Waals surface area contributed by atoms with Crippen LogP contribution in [0.25, 0.3) is 0 Å². The Hall–Kier alpha value is -1.36. The van der Waals surface area contributed by atoms with Gasteiger partial charge in [-0.2, -0.15) is 0 Å². The van der Waals surface area contributed by atoms with E-state index in [1.807, 2.05) is 0 Å². The van der Waals surface area contributed by atoms with Gasteiger partial charge in [0.25, 0.3) is 0 Å². The second-order valence-electron chi connectivity index (χ2n) is 6.35. The molecule has 1 aromatic rings. The minimum absolute atomic E-state index is 0.245. The molecule has 2 aliphatic rings. The summed E-state index contributed by atoms with van der Waals surface area (Å²) in [7, 11) is 0. The van der Waals surface area contributed by atoms with E-state index in [0.29, 0.717) is 5.92 Å². The largest absolute Gasteiger partial charge is 0.372 e. The third-order valence-corrected chi connectivity index (χ3v) is 4.14. The molecular weight excluding hydrogens is 264 g/mol. The quantitative estimate of drug-likeness (QED) is 0.924. The highest BCUT2D eigenvalue weighted by atomic mass is 16.5. The van der Waals surface area contributed by atoms with Crippen molar-refractivity contribution < 1.29 is 4.74 Å². The molecule has 1 saturated carbocycles. The van der Waals surface area contributed by atoms with Gasteiger partial charge in [-0.05, 0) is 40.5 Å². The topological polar surface area (TPSA) is 50.3 Å². The van der Waals surface area contributed by atoms with Gasteiger partial charge >= 0.3 is 0 Å². The molecule has 2 unspecified atom stereocenters. The minimum atomic E-state index is 0.245. The molecule has 5 nitrogen and oxygen atoms in total. The number of hydrogen-bond donors (Lipinski definition) is 1. The van der Waals surface area contributed by atoms with E-state index in [0.717, 1.165) is 42.7 Å². The lowest BCUT2D eigenvalue weighted by atomic mass is 10.2. The van der Waals surface area contributed by atoms with Crippen LogP contribution >= 0.6 is 0 Å². The first-order chi connectivity index (χ1) is 10.1. The summed E-state index contributed by atoms with van der Waals surface area (Å²) in [5.41, 5.74) is 1.16. The summed E-state index contributed by atoms with van der Waals surface area (Å²) in [6, 6.07) is 0. The molecule has 0 spiro atoms. The fourth-order valence-corrected chi connectivity index (χ4v) is 3.04. The van der Waals surface area contributed by atoms with Crippen molar-refractivity contribution in [2.45, 2.75) is 58.7 Å². The highest BCUT2D eigenvalue weighted by Crippen LogP contribution is 2.40. The molecular formula is C16H26N4O. The number of rotatable bonds is 4. The average molecular weight is 290 g/mol. The summed E-state index contributed by atoms with van der Waals surface area (Å²) < 4.78 is 5.84. The van der Waals surface area contributed by atoms with Gasteiger partial charge in [0.1, 0.15) is 17.5 Å². The first-order valence-electron chi connectivity index (χ1n) is 8.11. The highest BCUT2D eigenvalue weighted by molar-refractivity contribution is 5.59. The van der Waals surface area contributed by atoms with Crippen molar-refractivity contribution in [2.75, 3.05) is 29.9 Å². The van der Waals surface area contributed by atoms with E-state index in [1.165, 1.54) is 12.8 Å². The predicted octanol–water partition coefficient (Wildman–Crippen LogP) is 2.71. The molecule has 0 aromatic carbocycles. The maximum Gasteiger partial charge on any atom is 0.137 e. The molecule has 21 heavy (non-hydrogen) atoms. The van der Waals surface area contributed by atoms with Gasteiger partial charge in [-0.25, -0.2) is 9.97 Å². The molecule has 2 atom stereocenters. The van der Waals surface area contributed by atoms with Crippen molar-refractivity contribution in [3.05, 3.63) is 11.4 Å². The van der Waals surface area contributed by atoms with Gasteiger partial charge in [0, 0.05) is 31.1 Å². The first-order valence-corrected chi connectivity index (χ1v) is 8.11. The van der Waals surface area contributed by atoms with Gasteiger partial charge in [-0.1, -0.05) is 0 Å². The summed E-state index contributed by atoms with van der Waals surface area (Å²) in [6.07, 6.45) is 2.94. The monoisotopic (exact) mass is 290 g/mol. The van der Waals surface area contributed by atoms with Crippen LogP contribution in [0.15, 0.2) is 0 Å². The fourth-order valence-electron chi connectivity index (χ4n) is 3.04. The number of anilines is 2. The normalized spacial score (nSPS) is 26.0. The minimum Gasteiger partial charge on any atom is -0.372 e. The molecule has 2 fully saturated rings. The molecule has 1 aliphatic carbocycles. The average Bonchev–Trinajstić information content (AvgIpc) is 3.24. The summed E-state index contributed by atoms with van der Waals surface area (Å²) in [4.78, 5) is 12.0. The molecule has 2 heterocycles. The zero-order chi connectivity index (χ0) is 15.0. The lowest BCUT2D eigenvalue weighted by Crippen LogP contribution is -2.46.